The maximum atomic E-state index is 12.3. The number of carbonyl (C=O) groups excluding carboxylic acids is 1. The molecule has 25 heavy (non-hydrogen) atoms. The van der Waals surface area contributed by atoms with E-state index < -0.39 is 5.41 Å². The molecule has 0 saturated carbocycles. The molecule has 1 atom stereocenters. The Hall–Kier alpha value is -1.79. The zero-order chi connectivity index (χ0) is 18.0. The maximum absolute atomic E-state index is 12.3. The number of aromatic nitrogens is 2. The summed E-state index contributed by atoms with van der Waals surface area (Å²) in [5, 5.41) is 4.85. The van der Waals surface area contributed by atoms with Gasteiger partial charge in [-0.2, -0.15) is 0 Å². The SMILES string of the molecule is Cc1ccc(-c2nc([C@H]3CCCCN3OC(=O)C(C)(C)C)cs2)cn1. The summed E-state index contributed by atoms with van der Waals surface area (Å²) in [6.45, 7) is 8.35. The first-order valence-corrected chi connectivity index (χ1v) is 9.60. The van der Waals surface area contributed by atoms with Gasteiger partial charge in [-0.25, -0.2) is 9.78 Å². The fraction of sp³-hybridized carbons (Fsp3) is 0.526. The highest BCUT2D eigenvalue weighted by molar-refractivity contribution is 7.13. The monoisotopic (exact) mass is 359 g/mol. The van der Waals surface area contributed by atoms with Gasteiger partial charge in [-0.05, 0) is 59.1 Å². The van der Waals surface area contributed by atoms with Crippen LogP contribution in [0.15, 0.2) is 23.7 Å². The second-order valence-corrected chi connectivity index (χ2v) is 8.40. The molecule has 2 aromatic heterocycles. The van der Waals surface area contributed by atoms with Crippen LogP contribution < -0.4 is 0 Å². The van der Waals surface area contributed by atoms with Crippen molar-refractivity contribution in [1.82, 2.24) is 15.0 Å². The quantitative estimate of drug-likeness (QED) is 0.805. The number of hydrogen-bond donors (Lipinski definition) is 0. The number of hydrogen-bond acceptors (Lipinski definition) is 6. The van der Waals surface area contributed by atoms with E-state index in [0.717, 1.165) is 47.8 Å². The average molecular weight is 359 g/mol. The highest BCUT2D eigenvalue weighted by atomic mass is 32.1. The highest BCUT2D eigenvalue weighted by Gasteiger charge is 2.33. The molecule has 5 nitrogen and oxygen atoms in total. The third-order valence-corrected chi connectivity index (χ3v) is 5.20. The minimum absolute atomic E-state index is 0.0310. The number of carbonyl (C=O) groups is 1. The Kier molecular flexibility index (Phi) is 5.20. The number of hydroxylamine groups is 2. The van der Waals surface area contributed by atoms with E-state index in [1.54, 1.807) is 11.3 Å². The fourth-order valence-corrected chi connectivity index (χ4v) is 3.58. The summed E-state index contributed by atoms with van der Waals surface area (Å²) < 4.78 is 0. The van der Waals surface area contributed by atoms with Gasteiger partial charge in [0, 0.05) is 29.4 Å². The lowest BCUT2D eigenvalue weighted by Crippen LogP contribution is -2.39. The van der Waals surface area contributed by atoms with Gasteiger partial charge in [-0.15, -0.1) is 16.4 Å². The number of piperidine rings is 1. The minimum Gasteiger partial charge on any atom is -0.367 e. The number of pyridine rings is 1. The van der Waals surface area contributed by atoms with Gasteiger partial charge in [0.15, 0.2) is 0 Å². The number of aryl methyl sites for hydroxylation is 1. The van der Waals surface area contributed by atoms with Gasteiger partial charge in [0.05, 0.1) is 17.2 Å². The van der Waals surface area contributed by atoms with Crippen molar-refractivity contribution < 1.29 is 9.63 Å². The molecule has 0 spiro atoms. The van der Waals surface area contributed by atoms with Crippen LogP contribution in [-0.4, -0.2) is 27.5 Å². The molecule has 0 radical (unpaired) electrons. The third-order valence-electron chi connectivity index (χ3n) is 4.29. The van der Waals surface area contributed by atoms with E-state index in [9.17, 15) is 4.79 Å². The minimum atomic E-state index is -0.511. The van der Waals surface area contributed by atoms with Crippen molar-refractivity contribution in [3.8, 4) is 10.6 Å². The lowest BCUT2D eigenvalue weighted by molar-refractivity contribution is -0.218. The Bertz CT molecular complexity index is 734. The molecule has 3 heterocycles. The normalized spacial score (nSPS) is 19.0. The summed E-state index contributed by atoms with van der Waals surface area (Å²) in [4.78, 5) is 27.1. The van der Waals surface area contributed by atoms with Crippen molar-refractivity contribution in [3.05, 3.63) is 35.1 Å². The van der Waals surface area contributed by atoms with Gasteiger partial charge >= 0.3 is 5.97 Å². The van der Waals surface area contributed by atoms with E-state index in [0.29, 0.717) is 0 Å². The molecule has 1 saturated heterocycles. The Balaban J connectivity index is 1.79. The van der Waals surface area contributed by atoms with Crippen molar-refractivity contribution >= 4 is 17.3 Å². The van der Waals surface area contributed by atoms with Crippen LogP contribution in [0.4, 0.5) is 0 Å². The molecule has 0 unspecified atom stereocenters. The van der Waals surface area contributed by atoms with E-state index in [-0.39, 0.29) is 12.0 Å². The summed E-state index contributed by atoms with van der Waals surface area (Å²) in [6.07, 6.45) is 4.96. The third kappa shape index (κ3) is 4.25. The van der Waals surface area contributed by atoms with E-state index in [1.807, 2.05) is 51.1 Å². The smallest absolute Gasteiger partial charge is 0.330 e. The first-order chi connectivity index (χ1) is 11.8. The largest absolute Gasteiger partial charge is 0.367 e. The molecule has 0 aliphatic carbocycles. The first kappa shape index (κ1) is 18.0. The molecule has 3 rings (SSSR count). The molecule has 0 aromatic carbocycles. The van der Waals surface area contributed by atoms with Crippen LogP contribution in [0.25, 0.3) is 10.6 Å². The van der Waals surface area contributed by atoms with Crippen LogP contribution in [0.1, 0.15) is 57.5 Å². The first-order valence-electron chi connectivity index (χ1n) is 8.72. The second kappa shape index (κ2) is 7.22. The average Bonchev–Trinajstić information content (AvgIpc) is 3.05. The van der Waals surface area contributed by atoms with Crippen LogP contribution in [0.3, 0.4) is 0 Å². The maximum Gasteiger partial charge on any atom is 0.330 e. The second-order valence-electron chi connectivity index (χ2n) is 7.55. The van der Waals surface area contributed by atoms with Crippen LogP contribution in [0.5, 0.6) is 0 Å². The summed E-state index contributed by atoms with van der Waals surface area (Å²) in [7, 11) is 0. The van der Waals surface area contributed by atoms with Crippen LogP contribution >= 0.6 is 11.3 Å². The Morgan fingerprint density at radius 1 is 1.32 bits per heavy atom. The molecule has 1 aliphatic rings. The lowest BCUT2D eigenvalue weighted by atomic mass is 9.97. The van der Waals surface area contributed by atoms with E-state index in [4.69, 9.17) is 9.82 Å². The molecule has 0 N–H and O–H groups in total. The summed E-state index contributed by atoms with van der Waals surface area (Å²) in [6, 6.07) is 4.07. The van der Waals surface area contributed by atoms with Crippen molar-refractivity contribution in [3.63, 3.8) is 0 Å². The Labute approximate surface area is 153 Å². The van der Waals surface area contributed by atoms with Gasteiger partial charge in [-0.1, -0.05) is 0 Å². The van der Waals surface area contributed by atoms with E-state index >= 15 is 0 Å². The highest BCUT2D eigenvalue weighted by Crippen LogP contribution is 2.35. The molecular weight excluding hydrogens is 334 g/mol. The zero-order valence-corrected chi connectivity index (χ0v) is 16.1. The van der Waals surface area contributed by atoms with Gasteiger partial charge < -0.3 is 4.84 Å². The molecule has 1 aliphatic heterocycles. The van der Waals surface area contributed by atoms with Gasteiger partial charge in [0.1, 0.15) is 5.01 Å². The van der Waals surface area contributed by atoms with Crippen LogP contribution in [0.2, 0.25) is 0 Å². The van der Waals surface area contributed by atoms with Crippen molar-refractivity contribution in [2.45, 2.75) is 53.0 Å². The molecule has 134 valence electrons. The van der Waals surface area contributed by atoms with E-state index in [1.165, 1.54) is 0 Å². The molecule has 0 amide bonds. The van der Waals surface area contributed by atoms with Gasteiger partial charge in [-0.3, -0.25) is 4.98 Å². The Morgan fingerprint density at radius 2 is 2.12 bits per heavy atom. The Morgan fingerprint density at radius 3 is 2.80 bits per heavy atom. The summed E-state index contributed by atoms with van der Waals surface area (Å²) >= 11 is 1.61. The predicted octanol–water partition coefficient (Wildman–Crippen LogP) is 4.54. The lowest BCUT2D eigenvalue weighted by Gasteiger charge is -2.34. The molecule has 1 fully saturated rings. The molecule has 0 bridgehead atoms. The molecular formula is C19H25N3O2S. The zero-order valence-electron chi connectivity index (χ0n) is 15.3. The van der Waals surface area contributed by atoms with Crippen LogP contribution in [-0.2, 0) is 9.63 Å². The summed E-state index contributed by atoms with van der Waals surface area (Å²) in [5.41, 5.74) is 2.48. The standard InChI is InChI=1S/C19H25N3O2S/c1-13-8-9-14(11-20-13)17-21-15(12-25-17)16-7-5-6-10-22(16)24-18(23)19(2,3)4/h8-9,11-12,16H,5-7,10H2,1-4H3/t16-/m1/s1. The van der Waals surface area contributed by atoms with Gasteiger partial charge in [0.25, 0.3) is 0 Å². The number of rotatable bonds is 3. The van der Waals surface area contributed by atoms with Gasteiger partial charge in [0.2, 0.25) is 0 Å². The van der Waals surface area contributed by atoms with Crippen molar-refractivity contribution in [2.24, 2.45) is 5.41 Å². The predicted molar refractivity (Wildman–Crippen MR) is 98.9 cm³/mol. The van der Waals surface area contributed by atoms with Crippen molar-refractivity contribution in [2.75, 3.05) is 6.54 Å². The topological polar surface area (TPSA) is 55.3 Å². The van der Waals surface area contributed by atoms with Crippen molar-refractivity contribution in [1.29, 1.82) is 0 Å². The number of thiazole rings is 1. The number of nitrogens with zero attached hydrogens (tertiary/aromatic N) is 3. The summed E-state index contributed by atoms with van der Waals surface area (Å²) in [5.74, 6) is -0.197. The fourth-order valence-electron chi connectivity index (χ4n) is 2.72. The van der Waals surface area contributed by atoms with E-state index in [2.05, 4.69) is 10.4 Å². The molecule has 2 aromatic rings. The van der Waals surface area contributed by atoms with Crippen LogP contribution in [0, 0.1) is 12.3 Å². The molecule has 6 heteroatoms.